The maximum Gasteiger partial charge on any atom is 0.326 e. The monoisotopic (exact) mass is 299 g/mol. The summed E-state index contributed by atoms with van der Waals surface area (Å²) in [6.07, 6.45) is 1.25. The molecule has 0 aliphatic carbocycles. The van der Waals surface area contributed by atoms with E-state index in [0.717, 1.165) is 19.5 Å². The summed E-state index contributed by atoms with van der Waals surface area (Å²) in [6.45, 7) is 3.06. The minimum absolute atomic E-state index is 0.193. The molecule has 0 aromatic carbocycles. The van der Waals surface area contributed by atoms with E-state index in [0.29, 0.717) is 25.4 Å². The third kappa shape index (κ3) is 3.65. The van der Waals surface area contributed by atoms with Crippen molar-refractivity contribution < 1.29 is 19.4 Å². The molecule has 0 spiro atoms. The molecule has 0 aromatic rings. The number of rotatable bonds is 4. The molecule has 2 aliphatic rings. The Morgan fingerprint density at radius 2 is 2.10 bits per heavy atom. The van der Waals surface area contributed by atoms with Gasteiger partial charge in [0.2, 0.25) is 0 Å². The minimum atomic E-state index is -0.961. The zero-order chi connectivity index (χ0) is 15.6. The first-order chi connectivity index (χ1) is 9.92. The summed E-state index contributed by atoms with van der Waals surface area (Å²) in [6, 6.07) is -0.993. The quantitative estimate of drug-likeness (QED) is 0.801. The van der Waals surface area contributed by atoms with E-state index in [-0.39, 0.29) is 12.1 Å². The summed E-state index contributed by atoms with van der Waals surface area (Å²) >= 11 is 0. The smallest absolute Gasteiger partial charge is 0.326 e. The van der Waals surface area contributed by atoms with Gasteiger partial charge in [-0.3, -0.25) is 0 Å². The number of hydrogen-bond acceptors (Lipinski definition) is 4. The van der Waals surface area contributed by atoms with Crippen LogP contribution < -0.4 is 0 Å². The maximum absolute atomic E-state index is 12.5. The van der Waals surface area contributed by atoms with Gasteiger partial charge in [-0.25, -0.2) is 9.59 Å². The molecule has 3 unspecified atom stereocenters. The molecule has 2 amide bonds. The normalized spacial score (nSPS) is 29.9. The Morgan fingerprint density at radius 1 is 1.38 bits per heavy atom. The number of hydrogen-bond donors (Lipinski definition) is 1. The number of nitrogens with zero attached hydrogens (tertiary/aromatic N) is 3. The van der Waals surface area contributed by atoms with Crippen LogP contribution in [0.2, 0.25) is 0 Å². The van der Waals surface area contributed by atoms with Crippen molar-refractivity contribution in [1.82, 2.24) is 14.7 Å². The van der Waals surface area contributed by atoms with E-state index in [1.54, 1.807) is 19.1 Å². The summed E-state index contributed by atoms with van der Waals surface area (Å²) in [5, 5.41) is 9.27. The molecule has 0 saturated carbocycles. The van der Waals surface area contributed by atoms with Crippen molar-refractivity contribution in [2.45, 2.75) is 25.0 Å². The molecule has 2 heterocycles. The molecule has 2 saturated heterocycles. The zero-order valence-corrected chi connectivity index (χ0v) is 13.0. The fraction of sp³-hybridized carbons (Fsp3) is 0.857. The van der Waals surface area contributed by atoms with Gasteiger partial charge >= 0.3 is 12.0 Å². The number of amides is 2. The molecule has 7 heteroatoms. The standard InChI is InChI=1S/C14H25N3O4/c1-15-5-4-10(7-15)8-16(2)14(20)17-9-11(21-3)6-12(17)13(18)19/h10-12H,4-9H2,1-3H3,(H,18,19). The van der Waals surface area contributed by atoms with Crippen LogP contribution in [-0.2, 0) is 9.53 Å². The Morgan fingerprint density at radius 3 is 2.62 bits per heavy atom. The van der Waals surface area contributed by atoms with Crippen LogP contribution in [0, 0.1) is 5.92 Å². The first kappa shape index (κ1) is 16.0. The summed E-state index contributed by atoms with van der Waals surface area (Å²) in [7, 11) is 5.38. The SMILES string of the molecule is COC1CC(C(=O)O)N(C(=O)N(C)CC2CCN(C)C2)C1. The number of aliphatic carboxylic acids is 1. The fourth-order valence-corrected chi connectivity index (χ4v) is 3.27. The minimum Gasteiger partial charge on any atom is -0.480 e. The van der Waals surface area contributed by atoms with Gasteiger partial charge < -0.3 is 24.5 Å². The second-order valence-electron chi connectivity index (χ2n) is 6.18. The molecule has 0 aromatic heterocycles. The van der Waals surface area contributed by atoms with Crippen LogP contribution in [0.3, 0.4) is 0 Å². The van der Waals surface area contributed by atoms with Gasteiger partial charge in [0, 0.05) is 40.2 Å². The molecule has 2 aliphatic heterocycles. The lowest BCUT2D eigenvalue weighted by molar-refractivity contribution is -0.141. The van der Waals surface area contributed by atoms with Crippen LogP contribution in [0.15, 0.2) is 0 Å². The highest BCUT2D eigenvalue weighted by Crippen LogP contribution is 2.23. The Hall–Kier alpha value is -1.34. The molecule has 3 atom stereocenters. The molecular formula is C14H25N3O4. The average molecular weight is 299 g/mol. The van der Waals surface area contributed by atoms with Crippen LogP contribution in [0.1, 0.15) is 12.8 Å². The Labute approximate surface area is 125 Å². The van der Waals surface area contributed by atoms with Crippen molar-refractivity contribution in [2.75, 3.05) is 47.4 Å². The van der Waals surface area contributed by atoms with Gasteiger partial charge in [-0.2, -0.15) is 0 Å². The van der Waals surface area contributed by atoms with E-state index < -0.39 is 12.0 Å². The van der Waals surface area contributed by atoms with Crippen LogP contribution in [-0.4, -0.2) is 91.3 Å². The highest BCUT2D eigenvalue weighted by molar-refractivity contribution is 5.83. The van der Waals surface area contributed by atoms with Crippen LogP contribution in [0.4, 0.5) is 4.79 Å². The molecule has 21 heavy (non-hydrogen) atoms. The van der Waals surface area contributed by atoms with Crippen molar-refractivity contribution >= 4 is 12.0 Å². The molecule has 2 rings (SSSR count). The highest BCUT2D eigenvalue weighted by Gasteiger charge is 2.41. The van der Waals surface area contributed by atoms with Gasteiger partial charge in [-0.15, -0.1) is 0 Å². The molecule has 7 nitrogen and oxygen atoms in total. The van der Waals surface area contributed by atoms with E-state index in [9.17, 15) is 14.7 Å². The summed E-state index contributed by atoms with van der Waals surface area (Å²) in [5.74, 6) is -0.495. The third-order valence-electron chi connectivity index (χ3n) is 4.47. The molecule has 2 fully saturated rings. The molecule has 0 bridgehead atoms. The van der Waals surface area contributed by atoms with E-state index in [2.05, 4.69) is 11.9 Å². The van der Waals surface area contributed by atoms with Crippen molar-refractivity contribution in [3.8, 4) is 0 Å². The van der Waals surface area contributed by atoms with Crippen LogP contribution >= 0.6 is 0 Å². The van der Waals surface area contributed by atoms with E-state index in [1.165, 1.54) is 4.90 Å². The van der Waals surface area contributed by atoms with Crippen LogP contribution in [0.25, 0.3) is 0 Å². The lowest BCUT2D eigenvalue weighted by atomic mass is 10.1. The molecule has 1 N–H and O–H groups in total. The largest absolute Gasteiger partial charge is 0.480 e. The second kappa shape index (κ2) is 6.62. The van der Waals surface area contributed by atoms with E-state index >= 15 is 0 Å². The van der Waals surface area contributed by atoms with Gasteiger partial charge in [-0.1, -0.05) is 0 Å². The number of carbonyl (C=O) groups is 2. The summed E-state index contributed by atoms with van der Waals surface area (Å²) < 4.78 is 5.22. The first-order valence-electron chi connectivity index (χ1n) is 7.38. The molecule has 120 valence electrons. The zero-order valence-electron chi connectivity index (χ0n) is 13.0. The van der Waals surface area contributed by atoms with Gasteiger partial charge in [-0.05, 0) is 25.9 Å². The Kier molecular flexibility index (Phi) is 5.05. The van der Waals surface area contributed by atoms with E-state index in [4.69, 9.17) is 4.74 Å². The van der Waals surface area contributed by atoms with Gasteiger partial charge in [0.15, 0.2) is 0 Å². The van der Waals surface area contributed by atoms with E-state index in [1.807, 2.05) is 0 Å². The summed E-state index contributed by atoms with van der Waals surface area (Å²) in [5.41, 5.74) is 0. The number of carbonyl (C=O) groups excluding carboxylic acids is 1. The van der Waals surface area contributed by atoms with Gasteiger partial charge in [0.1, 0.15) is 6.04 Å². The van der Waals surface area contributed by atoms with Crippen molar-refractivity contribution in [2.24, 2.45) is 5.92 Å². The fourth-order valence-electron chi connectivity index (χ4n) is 3.27. The van der Waals surface area contributed by atoms with Crippen molar-refractivity contribution in [3.05, 3.63) is 0 Å². The van der Waals surface area contributed by atoms with Gasteiger partial charge in [0.05, 0.1) is 6.10 Å². The van der Waals surface area contributed by atoms with Gasteiger partial charge in [0.25, 0.3) is 0 Å². The average Bonchev–Trinajstić information content (AvgIpc) is 3.04. The second-order valence-corrected chi connectivity index (χ2v) is 6.18. The molecular weight excluding hydrogens is 274 g/mol. The number of carboxylic acid groups (broad SMARTS) is 1. The Balaban J connectivity index is 1.95. The Bertz CT molecular complexity index is 404. The first-order valence-corrected chi connectivity index (χ1v) is 7.38. The van der Waals surface area contributed by atoms with Crippen molar-refractivity contribution in [3.63, 3.8) is 0 Å². The highest BCUT2D eigenvalue weighted by atomic mass is 16.5. The number of likely N-dealkylation sites (tertiary alicyclic amines) is 2. The topological polar surface area (TPSA) is 73.3 Å². The summed E-state index contributed by atoms with van der Waals surface area (Å²) in [4.78, 5) is 29.1. The number of urea groups is 1. The lowest BCUT2D eigenvalue weighted by Gasteiger charge is -2.29. The maximum atomic E-state index is 12.5. The predicted molar refractivity (Wildman–Crippen MR) is 77.2 cm³/mol. The third-order valence-corrected chi connectivity index (χ3v) is 4.47. The van der Waals surface area contributed by atoms with Crippen molar-refractivity contribution in [1.29, 1.82) is 0 Å². The van der Waals surface area contributed by atoms with Crippen LogP contribution in [0.5, 0.6) is 0 Å². The predicted octanol–water partition coefficient (Wildman–Crippen LogP) is 0.164. The molecule has 0 radical (unpaired) electrons. The lowest BCUT2D eigenvalue weighted by Crippen LogP contribution is -2.48. The number of ether oxygens (including phenoxy) is 1. The number of methoxy groups -OCH3 is 1. The number of carboxylic acids is 1.